The zero-order valence-electron chi connectivity index (χ0n) is 22.9. The number of ether oxygens (including phenoxy) is 1. The summed E-state index contributed by atoms with van der Waals surface area (Å²) in [6.45, 7) is 4.03. The highest BCUT2D eigenvalue weighted by atomic mass is 16.5. The maximum absolute atomic E-state index is 13.9. The van der Waals surface area contributed by atoms with Crippen molar-refractivity contribution in [3.63, 3.8) is 0 Å². The minimum Gasteiger partial charge on any atom is -0.457 e. The van der Waals surface area contributed by atoms with E-state index in [1.54, 1.807) is 47.6 Å². The van der Waals surface area contributed by atoms with Crippen LogP contribution in [0.5, 0.6) is 11.5 Å². The number of rotatable bonds is 7. The van der Waals surface area contributed by atoms with Gasteiger partial charge in [-0.1, -0.05) is 38.1 Å². The van der Waals surface area contributed by atoms with Crippen LogP contribution >= 0.6 is 0 Å². The van der Waals surface area contributed by atoms with Crippen molar-refractivity contribution in [1.29, 1.82) is 5.26 Å². The van der Waals surface area contributed by atoms with Gasteiger partial charge in [0.15, 0.2) is 11.5 Å². The number of hydrogen-bond acceptors (Lipinski definition) is 8. The molecular formula is C30H31N7O4. The van der Waals surface area contributed by atoms with Crippen LogP contribution in [0.15, 0.2) is 77.4 Å². The monoisotopic (exact) mass is 553 g/mol. The van der Waals surface area contributed by atoms with E-state index in [4.69, 9.17) is 10.5 Å². The van der Waals surface area contributed by atoms with Gasteiger partial charge in [-0.15, -0.1) is 0 Å². The molecule has 0 spiro atoms. The molecule has 3 N–H and O–H groups in total. The Morgan fingerprint density at radius 2 is 1.78 bits per heavy atom. The molecule has 11 nitrogen and oxygen atoms in total. The highest BCUT2D eigenvalue weighted by Crippen LogP contribution is 2.30. The number of anilines is 1. The summed E-state index contributed by atoms with van der Waals surface area (Å²) in [6.07, 6.45) is 3.82. The molecule has 1 fully saturated rings. The maximum atomic E-state index is 13.9. The van der Waals surface area contributed by atoms with E-state index in [-0.39, 0.29) is 35.6 Å². The van der Waals surface area contributed by atoms with Crippen LogP contribution in [-0.4, -0.2) is 54.7 Å². The number of nitriles is 1. The molecule has 5 rings (SSSR count). The van der Waals surface area contributed by atoms with Crippen molar-refractivity contribution in [1.82, 2.24) is 24.0 Å². The number of imidazole rings is 1. The second kappa shape index (κ2) is 11.3. The molecule has 1 aliphatic rings. The van der Waals surface area contributed by atoms with Crippen LogP contribution in [0.4, 0.5) is 5.82 Å². The van der Waals surface area contributed by atoms with Crippen molar-refractivity contribution in [2.75, 3.05) is 25.4 Å². The first-order valence-corrected chi connectivity index (χ1v) is 13.3. The number of nitrogens with two attached hydrogens (primary N) is 1. The van der Waals surface area contributed by atoms with Crippen molar-refractivity contribution in [2.45, 2.75) is 32.7 Å². The zero-order chi connectivity index (χ0) is 29.1. The number of fused-ring (bicyclic) bond motifs is 1. The maximum Gasteiger partial charge on any atom is 0.335 e. The summed E-state index contributed by atoms with van der Waals surface area (Å²) < 4.78 is 9.01. The van der Waals surface area contributed by atoms with E-state index in [1.807, 2.05) is 36.4 Å². The number of amides is 1. The van der Waals surface area contributed by atoms with Crippen LogP contribution in [0.25, 0.3) is 16.9 Å². The van der Waals surface area contributed by atoms with Crippen molar-refractivity contribution in [3.8, 4) is 23.3 Å². The molecule has 1 amide bonds. The Kier molecular flexibility index (Phi) is 7.59. The second-order valence-corrected chi connectivity index (χ2v) is 10.7. The summed E-state index contributed by atoms with van der Waals surface area (Å²) in [5.74, 6) is 1.11. The summed E-state index contributed by atoms with van der Waals surface area (Å²) in [7, 11) is 0. The Morgan fingerprint density at radius 1 is 1.12 bits per heavy atom. The Labute approximate surface area is 236 Å². The molecule has 3 heterocycles. The van der Waals surface area contributed by atoms with E-state index in [9.17, 15) is 20.0 Å². The predicted octanol–water partition coefficient (Wildman–Crippen LogP) is 3.59. The minimum absolute atomic E-state index is 0.00326. The molecule has 0 atom stereocenters. The van der Waals surface area contributed by atoms with Crippen LogP contribution in [0.1, 0.15) is 32.7 Å². The summed E-state index contributed by atoms with van der Waals surface area (Å²) in [5.41, 5.74) is 6.66. The van der Waals surface area contributed by atoms with Crippen LogP contribution in [0, 0.1) is 16.7 Å². The number of aromatic nitrogens is 4. The normalized spacial score (nSPS) is 14.7. The van der Waals surface area contributed by atoms with Gasteiger partial charge in [0.2, 0.25) is 0 Å². The van der Waals surface area contributed by atoms with E-state index in [1.165, 1.54) is 17.0 Å². The van der Waals surface area contributed by atoms with E-state index in [2.05, 4.69) is 9.97 Å². The van der Waals surface area contributed by atoms with E-state index in [0.717, 1.165) is 0 Å². The minimum atomic E-state index is -0.695. The zero-order valence-corrected chi connectivity index (χ0v) is 22.9. The molecule has 41 heavy (non-hydrogen) atoms. The van der Waals surface area contributed by atoms with Crippen LogP contribution in [0.3, 0.4) is 0 Å². The van der Waals surface area contributed by atoms with Gasteiger partial charge in [0.05, 0.1) is 12.3 Å². The van der Waals surface area contributed by atoms with Gasteiger partial charge in [-0.2, -0.15) is 5.26 Å². The van der Waals surface area contributed by atoms with Crippen molar-refractivity contribution >= 4 is 22.9 Å². The number of likely N-dealkylation sites (tertiary alicyclic amines) is 1. The first kappa shape index (κ1) is 27.6. The number of hydrogen-bond donors (Lipinski definition) is 2. The first-order valence-electron chi connectivity index (χ1n) is 13.3. The standard InChI is InChI=1S/C30H31N7O4/c1-30(2,18-38)16-20(17-31)28(39)35-14-12-22(13-15-35)37-27-25(26(32)33-19-34-27)36(29(37)40)21-8-10-24(11-9-21)41-23-6-4-3-5-7-23/h3-11,16,19,22,38H,12-15,18H2,1-2H3,(H2,32,33,34). The number of aliphatic hydroxyl groups excluding tert-OH is 1. The lowest BCUT2D eigenvalue weighted by Crippen LogP contribution is -2.41. The molecule has 210 valence electrons. The Hall–Kier alpha value is -4.95. The van der Waals surface area contributed by atoms with Crippen LogP contribution in [-0.2, 0) is 4.79 Å². The molecular weight excluding hydrogens is 522 g/mol. The summed E-state index contributed by atoms with van der Waals surface area (Å²) in [5, 5.41) is 19.1. The quantitative estimate of drug-likeness (QED) is 0.260. The van der Waals surface area contributed by atoms with Crippen molar-refractivity contribution < 1.29 is 14.6 Å². The largest absolute Gasteiger partial charge is 0.457 e. The Morgan fingerprint density at radius 3 is 2.41 bits per heavy atom. The molecule has 0 radical (unpaired) electrons. The lowest BCUT2D eigenvalue weighted by atomic mass is 9.91. The topological polar surface area (TPSA) is 152 Å². The molecule has 11 heteroatoms. The van der Waals surface area contributed by atoms with Gasteiger partial charge >= 0.3 is 5.69 Å². The summed E-state index contributed by atoms with van der Waals surface area (Å²) >= 11 is 0. The van der Waals surface area contributed by atoms with Crippen molar-refractivity contribution in [3.05, 3.63) is 83.1 Å². The van der Waals surface area contributed by atoms with E-state index < -0.39 is 5.41 Å². The predicted molar refractivity (Wildman–Crippen MR) is 153 cm³/mol. The SMILES string of the molecule is CC(C)(C=C(C#N)C(=O)N1CCC(n2c(=O)n(-c3ccc(Oc4ccccc4)cc3)c3c(N)ncnc32)CC1)CO. The third kappa shape index (κ3) is 5.55. The fraction of sp³-hybridized carbons (Fsp3) is 0.300. The lowest BCUT2D eigenvalue weighted by Gasteiger charge is -2.32. The van der Waals surface area contributed by atoms with Crippen molar-refractivity contribution in [2.24, 2.45) is 5.41 Å². The molecule has 4 aromatic rings. The highest BCUT2D eigenvalue weighted by molar-refractivity contribution is 5.97. The average Bonchev–Trinajstić information content (AvgIpc) is 3.29. The van der Waals surface area contributed by atoms with Crippen LogP contribution in [0.2, 0.25) is 0 Å². The average molecular weight is 554 g/mol. The molecule has 0 aliphatic carbocycles. The fourth-order valence-electron chi connectivity index (χ4n) is 5.00. The number of nitrogen functional groups attached to an aromatic ring is 1. The number of piperidine rings is 1. The number of nitrogens with zero attached hydrogens (tertiary/aromatic N) is 6. The third-order valence-electron chi connectivity index (χ3n) is 7.16. The van der Waals surface area contributed by atoms with Crippen LogP contribution < -0.4 is 16.2 Å². The van der Waals surface area contributed by atoms with E-state index in [0.29, 0.717) is 54.3 Å². The number of aliphatic hydroxyl groups is 1. The first-order chi connectivity index (χ1) is 19.7. The second-order valence-electron chi connectivity index (χ2n) is 10.7. The number of carbonyl (C=O) groups excluding carboxylic acids is 1. The van der Waals surface area contributed by atoms with Gasteiger partial charge < -0.3 is 20.5 Å². The molecule has 2 aromatic heterocycles. The number of benzene rings is 2. The van der Waals surface area contributed by atoms with Gasteiger partial charge in [0.25, 0.3) is 5.91 Å². The molecule has 1 saturated heterocycles. The lowest BCUT2D eigenvalue weighted by molar-refractivity contribution is -0.128. The van der Waals surface area contributed by atoms with Gasteiger partial charge in [-0.25, -0.2) is 14.8 Å². The van der Waals surface area contributed by atoms with Gasteiger partial charge in [-0.3, -0.25) is 13.9 Å². The Bertz CT molecular complexity index is 1690. The molecule has 1 aliphatic heterocycles. The fourth-order valence-corrected chi connectivity index (χ4v) is 5.00. The number of carbonyl (C=O) groups is 1. The molecule has 0 bridgehead atoms. The molecule has 2 aromatic carbocycles. The smallest absolute Gasteiger partial charge is 0.335 e. The summed E-state index contributed by atoms with van der Waals surface area (Å²) in [6, 6.07) is 18.2. The van der Waals surface area contributed by atoms with E-state index >= 15 is 0 Å². The number of para-hydroxylation sites is 1. The van der Waals surface area contributed by atoms with Gasteiger partial charge in [0, 0.05) is 24.5 Å². The summed E-state index contributed by atoms with van der Waals surface area (Å²) in [4.78, 5) is 37.1. The van der Waals surface area contributed by atoms with Gasteiger partial charge in [0.1, 0.15) is 35.0 Å². The Balaban J connectivity index is 1.42. The third-order valence-corrected chi connectivity index (χ3v) is 7.16. The van der Waals surface area contributed by atoms with Gasteiger partial charge in [-0.05, 0) is 49.2 Å². The highest BCUT2D eigenvalue weighted by Gasteiger charge is 2.31. The molecule has 0 unspecified atom stereocenters. The molecule has 0 saturated carbocycles.